The number of nitrogens with zero attached hydrogens (tertiary/aromatic N) is 4. The molecule has 0 amide bonds. The van der Waals surface area contributed by atoms with Crippen molar-refractivity contribution in [3.8, 4) is 0 Å². The molecule has 0 aromatic carbocycles. The third-order valence-corrected chi connectivity index (χ3v) is 5.64. The summed E-state index contributed by atoms with van der Waals surface area (Å²) in [6, 6.07) is 3.90. The highest BCUT2D eigenvalue weighted by atomic mass is 35.5. The summed E-state index contributed by atoms with van der Waals surface area (Å²) in [5.74, 6) is 1.83. The second kappa shape index (κ2) is 7.06. The first-order chi connectivity index (χ1) is 12.2. The van der Waals surface area contributed by atoms with E-state index in [1.54, 1.807) is 35.0 Å². The lowest BCUT2D eigenvalue weighted by atomic mass is 10.0. The van der Waals surface area contributed by atoms with Crippen LogP contribution in [0.3, 0.4) is 0 Å². The van der Waals surface area contributed by atoms with E-state index < -0.39 is 0 Å². The molecule has 0 saturated heterocycles. The molecule has 4 rings (SSSR count). The Bertz CT molecular complexity index is 936. The van der Waals surface area contributed by atoms with Gasteiger partial charge in [-0.15, -0.1) is 11.8 Å². The molecule has 1 aliphatic rings. The van der Waals surface area contributed by atoms with Gasteiger partial charge in [0.15, 0.2) is 0 Å². The van der Waals surface area contributed by atoms with Crippen molar-refractivity contribution in [2.45, 2.75) is 30.7 Å². The van der Waals surface area contributed by atoms with Gasteiger partial charge in [-0.05, 0) is 42.7 Å². The van der Waals surface area contributed by atoms with Crippen LogP contribution in [0.15, 0.2) is 42.5 Å². The Hall–Kier alpha value is -2.05. The van der Waals surface area contributed by atoms with E-state index in [9.17, 15) is 0 Å². The molecule has 128 valence electrons. The van der Waals surface area contributed by atoms with E-state index in [2.05, 4.69) is 27.0 Å². The van der Waals surface area contributed by atoms with Gasteiger partial charge in [0, 0.05) is 12.4 Å². The molecule has 1 aliphatic heterocycles. The summed E-state index contributed by atoms with van der Waals surface area (Å²) in [5, 5.41) is 9.17. The number of nitrogens with one attached hydrogen (secondary N) is 1. The SMILES string of the molecule is C=C1CCCCCSc2ncnc(Nc3cc4ccnn4cc3Cl)c21. The van der Waals surface area contributed by atoms with Gasteiger partial charge in [-0.3, -0.25) is 0 Å². The first-order valence-electron chi connectivity index (χ1n) is 8.28. The minimum absolute atomic E-state index is 0.588. The molecule has 3 aromatic heterocycles. The van der Waals surface area contributed by atoms with E-state index in [1.165, 1.54) is 12.8 Å². The molecular formula is C18H18ClN5S. The zero-order valence-corrected chi connectivity index (χ0v) is 15.3. The number of anilines is 2. The van der Waals surface area contributed by atoms with Crippen LogP contribution in [0.2, 0.25) is 5.02 Å². The fourth-order valence-electron chi connectivity index (χ4n) is 2.97. The molecule has 0 fully saturated rings. The van der Waals surface area contributed by atoms with Crippen molar-refractivity contribution in [1.29, 1.82) is 0 Å². The second-order valence-corrected chi connectivity index (χ2v) is 7.52. The van der Waals surface area contributed by atoms with Crippen LogP contribution in [0.1, 0.15) is 31.2 Å². The van der Waals surface area contributed by atoms with Crippen molar-refractivity contribution >= 4 is 46.0 Å². The highest BCUT2D eigenvalue weighted by molar-refractivity contribution is 7.99. The Morgan fingerprint density at radius 2 is 2.16 bits per heavy atom. The van der Waals surface area contributed by atoms with Crippen LogP contribution >= 0.6 is 23.4 Å². The molecular weight excluding hydrogens is 354 g/mol. The maximum atomic E-state index is 6.42. The predicted molar refractivity (Wildman–Crippen MR) is 104 cm³/mol. The summed E-state index contributed by atoms with van der Waals surface area (Å²) in [6.45, 7) is 4.28. The quantitative estimate of drug-likeness (QED) is 0.627. The molecule has 0 radical (unpaired) electrons. The van der Waals surface area contributed by atoms with E-state index in [1.807, 2.05) is 12.1 Å². The number of hydrogen-bond donors (Lipinski definition) is 1. The van der Waals surface area contributed by atoms with Crippen molar-refractivity contribution in [1.82, 2.24) is 19.6 Å². The molecule has 0 saturated carbocycles. The molecule has 5 nitrogen and oxygen atoms in total. The molecule has 25 heavy (non-hydrogen) atoms. The highest BCUT2D eigenvalue weighted by Crippen LogP contribution is 2.37. The maximum absolute atomic E-state index is 6.42. The van der Waals surface area contributed by atoms with Crippen LogP contribution in [0.4, 0.5) is 11.5 Å². The van der Waals surface area contributed by atoms with Gasteiger partial charge in [0.1, 0.15) is 17.2 Å². The second-order valence-electron chi connectivity index (χ2n) is 6.03. The summed E-state index contributed by atoms with van der Waals surface area (Å²) in [4.78, 5) is 8.96. The van der Waals surface area contributed by atoms with Crippen LogP contribution in [-0.4, -0.2) is 25.3 Å². The lowest BCUT2D eigenvalue weighted by Crippen LogP contribution is -2.03. The lowest BCUT2D eigenvalue weighted by Gasteiger charge is -2.16. The zero-order chi connectivity index (χ0) is 17.2. The molecule has 0 atom stereocenters. The Morgan fingerprint density at radius 1 is 1.24 bits per heavy atom. The number of fused-ring (bicyclic) bond motifs is 2. The predicted octanol–water partition coefficient (Wildman–Crippen LogP) is 5.20. The molecule has 4 heterocycles. The average molecular weight is 372 g/mol. The van der Waals surface area contributed by atoms with Crippen molar-refractivity contribution in [2.75, 3.05) is 11.1 Å². The molecule has 0 spiro atoms. The molecule has 1 N–H and O–H groups in total. The average Bonchev–Trinajstić information content (AvgIpc) is 3.07. The van der Waals surface area contributed by atoms with E-state index in [0.29, 0.717) is 5.02 Å². The van der Waals surface area contributed by atoms with Gasteiger partial charge in [0.25, 0.3) is 0 Å². The van der Waals surface area contributed by atoms with Gasteiger partial charge in [-0.2, -0.15) is 5.10 Å². The third-order valence-electron chi connectivity index (χ3n) is 4.27. The van der Waals surface area contributed by atoms with E-state index in [-0.39, 0.29) is 0 Å². The number of allylic oxidation sites excluding steroid dienone is 1. The molecule has 7 heteroatoms. The van der Waals surface area contributed by atoms with Crippen LogP contribution in [0.5, 0.6) is 0 Å². The van der Waals surface area contributed by atoms with Gasteiger partial charge < -0.3 is 5.32 Å². The fourth-order valence-corrected chi connectivity index (χ4v) is 4.21. The zero-order valence-electron chi connectivity index (χ0n) is 13.7. The van der Waals surface area contributed by atoms with Gasteiger partial charge in [0.2, 0.25) is 0 Å². The number of thioether (sulfide) groups is 1. The summed E-state index contributed by atoms with van der Waals surface area (Å²) < 4.78 is 1.75. The van der Waals surface area contributed by atoms with E-state index in [4.69, 9.17) is 11.6 Å². The van der Waals surface area contributed by atoms with Gasteiger partial charge in [-0.25, -0.2) is 14.5 Å². The smallest absolute Gasteiger partial charge is 0.142 e. The number of aromatic nitrogens is 4. The Kier molecular flexibility index (Phi) is 4.63. The normalized spacial score (nSPS) is 15.3. The van der Waals surface area contributed by atoms with E-state index in [0.717, 1.165) is 51.8 Å². The maximum Gasteiger partial charge on any atom is 0.142 e. The van der Waals surface area contributed by atoms with E-state index >= 15 is 0 Å². The number of pyridine rings is 1. The highest BCUT2D eigenvalue weighted by Gasteiger charge is 2.17. The largest absolute Gasteiger partial charge is 0.338 e. The Morgan fingerprint density at radius 3 is 3.08 bits per heavy atom. The number of halogens is 1. The van der Waals surface area contributed by atoms with Crippen LogP contribution in [0.25, 0.3) is 11.1 Å². The molecule has 3 aromatic rings. The van der Waals surface area contributed by atoms with Crippen molar-refractivity contribution in [3.05, 3.63) is 48.0 Å². The van der Waals surface area contributed by atoms with Gasteiger partial charge >= 0.3 is 0 Å². The van der Waals surface area contributed by atoms with Crippen molar-refractivity contribution in [3.63, 3.8) is 0 Å². The summed E-state index contributed by atoms with van der Waals surface area (Å²) in [5.41, 5.74) is 3.86. The molecule has 0 bridgehead atoms. The number of hydrogen-bond acceptors (Lipinski definition) is 5. The van der Waals surface area contributed by atoms with Crippen LogP contribution < -0.4 is 5.32 Å². The standard InChI is InChI=1S/C18H18ClN5S/c1-12-5-3-2-4-8-25-18-16(12)17(20-11-21-18)23-15-9-13-6-7-22-24(13)10-14(15)19/h6-7,9-11H,1-5,8H2,(H,20,21,23). The molecule has 0 unspecified atom stereocenters. The lowest BCUT2D eigenvalue weighted by molar-refractivity contribution is 0.743. The summed E-state index contributed by atoms with van der Waals surface area (Å²) in [6.07, 6.45) is 9.68. The molecule has 0 aliphatic carbocycles. The van der Waals surface area contributed by atoms with Crippen molar-refractivity contribution < 1.29 is 0 Å². The third kappa shape index (κ3) is 3.37. The van der Waals surface area contributed by atoms with Gasteiger partial charge in [0.05, 0.1) is 21.8 Å². The monoisotopic (exact) mass is 371 g/mol. The Labute approximate surface area is 155 Å². The Balaban J connectivity index is 1.75. The fraction of sp³-hybridized carbons (Fsp3) is 0.278. The first kappa shape index (κ1) is 16.4. The minimum atomic E-state index is 0.588. The minimum Gasteiger partial charge on any atom is -0.338 e. The summed E-state index contributed by atoms with van der Waals surface area (Å²) in [7, 11) is 0. The van der Waals surface area contributed by atoms with Gasteiger partial charge in [-0.1, -0.05) is 24.6 Å². The first-order valence-corrected chi connectivity index (χ1v) is 9.64. The van der Waals surface area contributed by atoms with Crippen molar-refractivity contribution in [2.24, 2.45) is 0 Å². The van der Waals surface area contributed by atoms with Crippen LogP contribution in [0, 0.1) is 0 Å². The topological polar surface area (TPSA) is 55.1 Å². The summed E-state index contributed by atoms with van der Waals surface area (Å²) >= 11 is 8.19. The van der Waals surface area contributed by atoms with Crippen LogP contribution in [-0.2, 0) is 0 Å². The number of rotatable bonds is 2.